The predicted octanol–water partition coefficient (Wildman–Crippen LogP) is 1.83. The lowest BCUT2D eigenvalue weighted by atomic mass is 9.89. The van der Waals surface area contributed by atoms with E-state index in [0.29, 0.717) is 18.9 Å². The largest absolute Gasteiger partial charge is 0.496 e. The number of carbonyl (C=O) groups excluding carboxylic acids is 1. The average molecular weight is 276 g/mol. The first-order chi connectivity index (χ1) is 9.74. The number of para-hydroxylation sites is 1. The normalized spacial score (nSPS) is 16.2. The van der Waals surface area contributed by atoms with E-state index in [4.69, 9.17) is 10.5 Å². The van der Waals surface area contributed by atoms with Crippen molar-refractivity contribution in [2.24, 2.45) is 11.7 Å². The van der Waals surface area contributed by atoms with Gasteiger partial charge >= 0.3 is 0 Å². The number of benzene rings is 1. The Hall–Kier alpha value is -1.55. The molecule has 20 heavy (non-hydrogen) atoms. The average Bonchev–Trinajstić information content (AvgIpc) is 2.49. The Morgan fingerprint density at radius 2 is 2.05 bits per heavy atom. The van der Waals surface area contributed by atoms with Gasteiger partial charge < -0.3 is 15.4 Å². The van der Waals surface area contributed by atoms with Gasteiger partial charge in [0.15, 0.2) is 0 Å². The lowest BCUT2D eigenvalue weighted by molar-refractivity contribution is -0.132. The van der Waals surface area contributed by atoms with Crippen molar-refractivity contribution in [3.8, 4) is 5.75 Å². The summed E-state index contributed by atoms with van der Waals surface area (Å²) >= 11 is 0. The molecule has 4 heteroatoms. The van der Waals surface area contributed by atoms with Crippen LogP contribution < -0.4 is 10.5 Å². The molecule has 0 spiro atoms. The Labute approximate surface area is 120 Å². The summed E-state index contributed by atoms with van der Waals surface area (Å²) in [7, 11) is 1.72. The van der Waals surface area contributed by atoms with Gasteiger partial charge in [-0.1, -0.05) is 18.2 Å². The smallest absolute Gasteiger partial charge is 0.223 e. The topological polar surface area (TPSA) is 55.6 Å². The molecule has 1 heterocycles. The van der Waals surface area contributed by atoms with Gasteiger partial charge in [0, 0.05) is 26.1 Å². The fraction of sp³-hybridized carbons (Fsp3) is 0.562. The summed E-state index contributed by atoms with van der Waals surface area (Å²) < 4.78 is 5.40. The number of likely N-dealkylation sites (tertiary alicyclic amines) is 1. The number of methoxy groups -OCH3 is 1. The van der Waals surface area contributed by atoms with Gasteiger partial charge in [0.25, 0.3) is 0 Å². The molecule has 0 saturated carbocycles. The maximum absolute atomic E-state index is 11.8. The summed E-state index contributed by atoms with van der Waals surface area (Å²) in [4.78, 5) is 13.7. The Kier molecular flexibility index (Phi) is 5.41. The minimum atomic E-state index is 0.197. The summed E-state index contributed by atoms with van der Waals surface area (Å²) in [6.45, 7) is 2.16. The molecule has 0 aliphatic carbocycles. The molecule has 110 valence electrons. The Bertz CT molecular complexity index is 440. The molecular formula is C16H24N2O2. The third kappa shape index (κ3) is 3.73. The lowest BCUT2D eigenvalue weighted by Gasteiger charge is -2.32. The van der Waals surface area contributed by atoms with Crippen molar-refractivity contribution < 1.29 is 9.53 Å². The number of rotatable bonds is 5. The summed E-state index contributed by atoms with van der Waals surface area (Å²) in [5, 5.41) is 0. The Balaban J connectivity index is 1.87. The van der Waals surface area contributed by atoms with E-state index in [9.17, 15) is 4.79 Å². The van der Waals surface area contributed by atoms with E-state index in [0.717, 1.165) is 38.1 Å². The molecule has 1 aromatic carbocycles. The number of hydrogen-bond donors (Lipinski definition) is 1. The number of nitrogens with two attached hydrogens (primary N) is 1. The van der Waals surface area contributed by atoms with E-state index in [1.807, 2.05) is 17.0 Å². The van der Waals surface area contributed by atoms with Crippen LogP contribution in [0.1, 0.15) is 24.8 Å². The third-order valence-corrected chi connectivity index (χ3v) is 4.03. The highest BCUT2D eigenvalue weighted by atomic mass is 16.5. The van der Waals surface area contributed by atoms with Crippen molar-refractivity contribution in [1.82, 2.24) is 4.90 Å². The number of hydrogen-bond acceptors (Lipinski definition) is 3. The SMILES string of the molecule is COc1ccccc1CC1CCN(C(=O)CCN)CC1. The van der Waals surface area contributed by atoms with Crippen LogP contribution in [-0.4, -0.2) is 37.6 Å². The monoisotopic (exact) mass is 276 g/mol. The standard InChI is InChI=1S/C16H24N2O2/c1-20-15-5-3-2-4-14(15)12-13-7-10-18(11-8-13)16(19)6-9-17/h2-5,13H,6-12,17H2,1H3. The van der Waals surface area contributed by atoms with Crippen LogP contribution in [0.15, 0.2) is 24.3 Å². The molecule has 2 rings (SSSR count). The van der Waals surface area contributed by atoms with Crippen molar-refractivity contribution in [3.63, 3.8) is 0 Å². The Morgan fingerprint density at radius 3 is 2.70 bits per heavy atom. The first kappa shape index (κ1) is 14.9. The number of piperidine rings is 1. The molecule has 1 saturated heterocycles. The first-order valence-electron chi connectivity index (χ1n) is 7.34. The van der Waals surface area contributed by atoms with Crippen molar-refractivity contribution >= 4 is 5.91 Å². The molecule has 0 bridgehead atoms. The molecule has 4 nitrogen and oxygen atoms in total. The molecule has 1 aromatic rings. The third-order valence-electron chi connectivity index (χ3n) is 4.03. The zero-order valence-corrected chi connectivity index (χ0v) is 12.2. The highest BCUT2D eigenvalue weighted by Gasteiger charge is 2.23. The van der Waals surface area contributed by atoms with E-state index in [1.54, 1.807) is 7.11 Å². The van der Waals surface area contributed by atoms with Crippen LogP contribution >= 0.6 is 0 Å². The maximum atomic E-state index is 11.8. The number of carbonyl (C=O) groups is 1. The minimum Gasteiger partial charge on any atom is -0.496 e. The van der Waals surface area contributed by atoms with Crippen molar-refractivity contribution in [1.29, 1.82) is 0 Å². The summed E-state index contributed by atoms with van der Waals surface area (Å²) in [5.74, 6) is 1.80. The fourth-order valence-corrected chi connectivity index (χ4v) is 2.85. The Morgan fingerprint density at radius 1 is 1.35 bits per heavy atom. The summed E-state index contributed by atoms with van der Waals surface area (Å²) in [6, 6.07) is 8.19. The molecule has 1 aliphatic rings. The van der Waals surface area contributed by atoms with E-state index >= 15 is 0 Å². The zero-order valence-electron chi connectivity index (χ0n) is 12.2. The number of nitrogens with zero attached hydrogens (tertiary/aromatic N) is 1. The summed E-state index contributed by atoms with van der Waals surface area (Å²) in [5.41, 5.74) is 6.70. The van der Waals surface area contributed by atoms with Crippen molar-refractivity contribution in [3.05, 3.63) is 29.8 Å². The predicted molar refractivity (Wildman–Crippen MR) is 79.7 cm³/mol. The van der Waals surface area contributed by atoms with Crippen LogP contribution in [0.5, 0.6) is 5.75 Å². The summed E-state index contributed by atoms with van der Waals surface area (Å²) in [6.07, 6.45) is 3.63. The number of ether oxygens (including phenoxy) is 1. The number of amides is 1. The van der Waals surface area contributed by atoms with Crippen LogP contribution in [0, 0.1) is 5.92 Å². The quantitative estimate of drug-likeness (QED) is 0.892. The van der Waals surface area contributed by atoms with Crippen LogP contribution in [0.25, 0.3) is 0 Å². The van der Waals surface area contributed by atoms with E-state index < -0.39 is 0 Å². The van der Waals surface area contributed by atoms with Crippen LogP contribution in [0.2, 0.25) is 0 Å². The van der Waals surface area contributed by atoms with Gasteiger partial charge in [-0.05, 0) is 36.8 Å². The molecule has 1 aliphatic heterocycles. The van der Waals surface area contributed by atoms with Gasteiger partial charge in [-0.15, -0.1) is 0 Å². The van der Waals surface area contributed by atoms with Gasteiger partial charge in [0.05, 0.1) is 7.11 Å². The fourth-order valence-electron chi connectivity index (χ4n) is 2.85. The van der Waals surface area contributed by atoms with Crippen LogP contribution in [0.3, 0.4) is 0 Å². The van der Waals surface area contributed by atoms with Gasteiger partial charge in [-0.2, -0.15) is 0 Å². The minimum absolute atomic E-state index is 0.197. The van der Waals surface area contributed by atoms with Gasteiger partial charge in [0.2, 0.25) is 5.91 Å². The maximum Gasteiger partial charge on any atom is 0.223 e. The molecule has 1 amide bonds. The molecule has 0 atom stereocenters. The highest BCUT2D eigenvalue weighted by molar-refractivity contribution is 5.76. The second-order valence-corrected chi connectivity index (χ2v) is 5.38. The van der Waals surface area contributed by atoms with E-state index in [1.165, 1.54) is 5.56 Å². The van der Waals surface area contributed by atoms with Crippen LogP contribution in [-0.2, 0) is 11.2 Å². The van der Waals surface area contributed by atoms with E-state index in [-0.39, 0.29) is 5.91 Å². The second-order valence-electron chi connectivity index (χ2n) is 5.38. The first-order valence-corrected chi connectivity index (χ1v) is 7.34. The van der Waals surface area contributed by atoms with Gasteiger partial charge in [-0.25, -0.2) is 0 Å². The van der Waals surface area contributed by atoms with E-state index in [2.05, 4.69) is 12.1 Å². The molecule has 0 unspecified atom stereocenters. The second kappa shape index (κ2) is 7.29. The highest BCUT2D eigenvalue weighted by Crippen LogP contribution is 2.26. The van der Waals surface area contributed by atoms with Crippen molar-refractivity contribution in [2.45, 2.75) is 25.7 Å². The van der Waals surface area contributed by atoms with Crippen LogP contribution in [0.4, 0.5) is 0 Å². The van der Waals surface area contributed by atoms with Gasteiger partial charge in [-0.3, -0.25) is 4.79 Å². The van der Waals surface area contributed by atoms with Gasteiger partial charge in [0.1, 0.15) is 5.75 Å². The molecular weight excluding hydrogens is 252 g/mol. The molecule has 0 aromatic heterocycles. The molecule has 1 fully saturated rings. The van der Waals surface area contributed by atoms with Crippen molar-refractivity contribution in [2.75, 3.05) is 26.7 Å². The molecule has 2 N–H and O–H groups in total. The molecule has 0 radical (unpaired) electrons. The lowest BCUT2D eigenvalue weighted by Crippen LogP contribution is -2.39. The zero-order chi connectivity index (χ0) is 14.4.